The lowest BCUT2D eigenvalue weighted by Crippen LogP contribution is -3.00. The molecule has 0 bridgehead atoms. The van der Waals surface area contributed by atoms with E-state index in [4.69, 9.17) is 11.6 Å². The van der Waals surface area contributed by atoms with Crippen molar-refractivity contribution < 1.29 is 21.9 Å². The molecule has 0 aliphatic carbocycles. The van der Waals surface area contributed by atoms with Crippen molar-refractivity contribution in [3.63, 3.8) is 0 Å². The predicted molar refractivity (Wildman–Crippen MR) is 84.7 cm³/mol. The summed E-state index contributed by atoms with van der Waals surface area (Å²) in [5.74, 6) is 0. The summed E-state index contributed by atoms with van der Waals surface area (Å²) >= 11 is 7.39. The van der Waals surface area contributed by atoms with Crippen molar-refractivity contribution >= 4 is 28.6 Å². The first kappa shape index (κ1) is 16.6. The van der Waals surface area contributed by atoms with Gasteiger partial charge in [0, 0.05) is 33.7 Å². The van der Waals surface area contributed by atoms with Crippen molar-refractivity contribution in [1.29, 1.82) is 0 Å². The van der Waals surface area contributed by atoms with Crippen LogP contribution in [0.3, 0.4) is 0 Å². The highest BCUT2D eigenvalue weighted by atomic mass is 79.9. The fraction of sp³-hybridized carbons (Fsp3) is 0. The average Bonchev–Trinajstić information content (AvgIpc) is 2.98. The van der Waals surface area contributed by atoms with Gasteiger partial charge in [-0.15, -0.1) is 11.3 Å². The topological polar surface area (TPSA) is 56.0 Å². The van der Waals surface area contributed by atoms with E-state index in [1.807, 2.05) is 29.6 Å². The van der Waals surface area contributed by atoms with Crippen LogP contribution in [0.4, 0.5) is 5.69 Å². The molecule has 0 aliphatic rings. The fourth-order valence-electron chi connectivity index (χ4n) is 1.89. The van der Waals surface area contributed by atoms with E-state index < -0.39 is 4.92 Å². The van der Waals surface area contributed by atoms with Gasteiger partial charge in [0.25, 0.3) is 5.69 Å². The Hall–Kier alpha value is -1.76. The van der Waals surface area contributed by atoms with E-state index in [2.05, 4.69) is 4.98 Å². The number of rotatable bonds is 3. The van der Waals surface area contributed by atoms with Crippen LogP contribution in [-0.2, 0) is 0 Å². The highest BCUT2D eigenvalue weighted by Crippen LogP contribution is 2.30. The molecule has 112 valence electrons. The van der Waals surface area contributed by atoms with Gasteiger partial charge in [0.05, 0.1) is 10.6 Å². The standard InChI is InChI=1S/C15H9ClN2O2S.BrH/c16-12-5-1-11(2-6-12)15-17-14(9-21-15)10-3-7-13(8-4-10)18(19)20;/h1-9H;1H/p-1. The van der Waals surface area contributed by atoms with E-state index >= 15 is 0 Å². The predicted octanol–water partition coefficient (Wildman–Crippen LogP) is 2.04. The fourth-order valence-corrected chi connectivity index (χ4v) is 2.85. The van der Waals surface area contributed by atoms with Crippen LogP contribution in [0.15, 0.2) is 53.9 Å². The van der Waals surface area contributed by atoms with Gasteiger partial charge in [-0.25, -0.2) is 4.98 Å². The Labute approximate surface area is 146 Å². The molecule has 4 nitrogen and oxygen atoms in total. The molecule has 7 heteroatoms. The molecule has 2 aromatic carbocycles. The summed E-state index contributed by atoms with van der Waals surface area (Å²) < 4.78 is 0. The zero-order chi connectivity index (χ0) is 14.8. The Balaban J connectivity index is 0.00000176. The zero-order valence-electron chi connectivity index (χ0n) is 11.1. The molecule has 0 radical (unpaired) electrons. The Bertz CT molecular complexity index is 788. The molecule has 0 saturated carbocycles. The first-order valence-electron chi connectivity index (χ1n) is 6.10. The maximum atomic E-state index is 10.6. The lowest BCUT2D eigenvalue weighted by atomic mass is 10.1. The molecular weight excluding hydrogens is 388 g/mol. The number of thiazole rings is 1. The Morgan fingerprint density at radius 1 is 1.00 bits per heavy atom. The zero-order valence-corrected chi connectivity index (χ0v) is 14.2. The van der Waals surface area contributed by atoms with E-state index in [0.717, 1.165) is 21.8 Å². The minimum absolute atomic E-state index is 0. The number of hydrogen-bond donors (Lipinski definition) is 0. The minimum Gasteiger partial charge on any atom is -1.00 e. The van der Waals surface area contributed by atoms with Gasteiger partial charge in [-0.05, 0) is 24.3 Å². The molecule has 3 rings (SSSR count). The van der Waals surface area contributed by atoms with Gasteiger partial charge in [0.15, 0.2) is 0 Å². The normalized spacial score (nSPS) is 10.0. The third-order valence-corrected chi connectivity index (χ3v) is 4.11. The maximum Gasteiger partial charge on any atom is 0.269 e. The minimum atomic E-state index is -0.413. The quantitative estimate of drug-likeness (QED) is 0.503. The molecular formula is C15H9BrClN2O2S-. The number of benzene rings is 2. The summed E-state index contributed by atoms with van der Waals surface area (Å²) in [6, 6.07) is 13.9. The van der Waals surface area contributed by atoms with Gasteiger partial charge in [0.1, 0.15) is 5.01 Å². The third kappa shape index (κ3) is 3.52. The summed E-state index contributed by atoms with van der Waals surface area (Å²) in [4.78, 5) is 14.8. The smallest absolute Gasteiger partial charge is 0.269 e. The highest BCUT2D eigenvalue weighted by molar-refractivity contribution is 7.13. The molecule has 0 fully saturated rings. The van der Waals surface area contributed by atoms with Gasteiger partial charge < -0.3 is 17.0 Å². The van der Waals surface area contributed by atoms with Gasteiger partial charge in [-0.2, -0.15) is 0 Å². The average molecular weight is 397 g/mol. The number of nitrogens with zero attached hydrogens (tertiary/aromatic N) is 2. The van der Waals surface area contributed by atoms with Crippen LogP contribution in [0, 0.1) is 10.1 Å². The van der Waals surface area contributed by atoms with E-state index in [1.165, 1.54) is 23.5 Å². The molecule has 0 aliphatic heterocycles. The van der Waals surface area contributed by atoms with Crippen LogP contribution in [0.1, 0.15) is 0 Å². The second kappa shape index (κ2) is 7.00. The van der Waals surface area contributed by atoms with E-state index in [0.29, 0.717) is 5.02 Å². The van der Waals surface area contributed by atoms with Crippen LogP contribution in [0.5, 0.6) is 0 Å². The van der Waals surface area contributed by atoms with Crippen LogP contribution in [0.25, 0.3) is 21.8 Å². The Morgan fingerprint density at radius 2 is 1.59 bits per heavy atom. The van der Waals surface area contributed by atoms with Crippen LogP contribution < -0.4 is 17.0 Å². The second-order valence-corrected chi connectivity index (χ2v) is 5.64. The van der Waals surface area contributed by atoms with Gasteiger partial charge in [0.2, 0.25) is 0 Å². The van der Waals surface area contributed by atoms with Crippen molar-refractivity contribution in [3.8, 4) is 21.8 Å². The van der Waals surface area contributed by atoms with E-state index in [1.54, 1.807) is 12.1 Å². The van der Waals surface area contributed by atoms with Gasteiger partial charge in [-0.3, -0.25) is 10.1 Å². The van der Waals surface area contributed by atoms with Crippen LogP contribution in [0.2, 0.25) is 5.02 Å². The first-order chi connectivity index (χ1) is 10.1. The molecule has 0 atom stereocenters. The molecule has 22 heavy (non-hydrogen) atoms. The first-order valence-corrected chi connectivity index (χ1v) is 7.35. The number of aromatic nitrogens is 1. The van der Waals surface area contributed by atoms with Crippen LogP contribution >= 0.6 is 22.9 Å². The summed E-state index contributed by atoms with van der Waals surface area (Å²) in [6.07, 6.45) is 0. The monoisotopic (exact) mass is 395 g/mol. The number of hydrogen-bond acceptors (Lipinski definition) is 4. The molecule has 0 amide bonds. The van der Waals surface area contributed by atoms with E-state index in [-0.39, 0.29) is 22.7 Å². The van der Waals surface area contributed by atoms with E-state index in [9.17, 15) is 10.1 Å². The van der Waals surface area contributed by atoms with Crippen molar-refractivity contribution in [2.24, 2.45) is 0 Å². The Morgan fingerprint density at radius 3 is 2.18 bits per heavy atom. The van der Waals surface area contributed by atoms with Crippen molar-refractivity contribution in [2.75, 3.05) is 0 Å². The van der Waals surface area contributed by atoms with Gasteiger partial charge in [-0.1, -0.05) is 23.7 Å². The summed E-state index contributed by atoms with van der Waals surface area (Å²) in [5, 5.41) is 14.2. The molecule has 0 unspecified atom stereocenters. The van der Waals surface area contributed by atoms with Crippen molar-refractivity contribution in [2.45, 2.75) is 0 Å². The lowest BCUT2D eigenvalue weighted by Gasteiger charge is -1.97. The molecule has 1 aromatic heterocycles. The van der Waals surface area contributed by atoms with Gasteiger partial charge >= 0.3 is 0 Å². The molecule has 0 spiro atoms. The molecule has 3 aromatic rings. The summed E-state index contributed by atoms with van der Waals surface area (Å²) in [7, 11) is 0. The summed E-state index contributed by atoms with van der Waals surface area (Å²) in [5.41, 5.74) is 2.74. The van der Waals surface area contributed by atoms with Crippen molar-refractivity contribution in [1.82, 2.24) is 4.98 Å². The molecule has 0 N–H and O–H groups in total. The maximum absolute atomic E-state index is 10.6. The van der Waals surface area contributed by atoms with Crippen LogP contribution in [-0.4, -0.2) is 9.91 Å². The Kier molecular flexibility index (Phi) is 5.28. The molecule has 1 heterocycles. The number of nitro groups is 1. The lowest BCUT2D eigenvalue weighted by molar-refractivity contribution is -0.384. The number of halogens is 2. The number of nitro benzene ring substituents is 1. The summed E-state index contributed by atoms with van der Waals surface area (Å²) in [6.45, 7) is 0. The third-order valence-electron chi connectivity index (χ3n) is 2.97. The largest absolute Gasteiger partial charge is 1.00 e. The second-order valence-electron chi connectivity index (χ2n) is 4.35. The number of non-ortho nitro benzene ring substituents is 1. The SMILES string of the molecule is O=[N+]([O-])c1ccc(-c2csc(-c3ccc(Cl)cc3)n2)cc1.[Br-]. The van der Waals surface area contributed by atoms with Crippen molar-refractivity contribution in [3.05, 3.63) is 69.0 Å². The molecule has 0 saturated heterocycles. The highest BCUT2D eigenvalue weighted by Gasteiger charge is 2.09.